The number of carboxylic acids is 1. The van der Waals surface area contributed by atoms with Gasteiger partial charge in [0.25, 0.3) is 0 Å². The van der Waals surface area contributed by atoms with Crippen molar-refractivity contribution in [2.75, 3.05) is 13.2 Å². The smallest absolute Gasteiger partial charge is 0.330 e. The Balaban J connectivity index is 0. The first-order valence-electron chi connectivity index (χ1n) is 8.12. The van der Waals surface area contributed by atoms with Crippen molar-refractivity contribution >= 4 is 56.0 Å². The van der Waals surface area contributed by atoms with Crippen LogP contribution < -0.4 is 0 Å². The van der Waals surface area contributed by atoms with E-state index in [1.54, 1.807) is 13.8 Å². The number of rotatable bonds is 9. The van der Waals surface area contributed by atoms with E-state index in [9.17, 15) is 22.8 Å². The third-order valence-corrected chi connectivity index (χ3v) is 6.44. The van der Waals surface area contributed by atoms with Crippen LogP contribution in [-0.4, -0.2) is 82.4 Å². The number of carbonyl (C=O) groups excluding carboxylic acids is 2. The van der Waals surface area contributed by atoms with E-state index in [4.69, 9.17) is 19.1 Å². The molecule has 9 nitrogen and oxygen atoms in total. The van der Waals surface area contributed by atoms with E-state index in [1.807, 2.05) is 0 Å². The van der Waals surface area contributed by atoms with E-state index in [1.165, 1.54) is 38.2 Å². The number of hydrogen-bond acceptors (Lipinski definition) is 7. The van der Waals surface area contributed by atoms with E-state index in [2.05, 4.69) is 0 Å². The maximum Gasteiger partial charge on any atom is 0.330 e. The minimum absolute atomic E-state index is 0.380. The second kappa shape index (κ2) is 13.9. The molecule has 0 aliphatic heterocycles. The van der Waals surface area contributed by atoms with E-state index in [0.29, 0.717) is 3.67 Å². The number of allylic oxidation sites excluding steroid dienone is 2. The fourth-order valence-corrected chi connectivity index (χ4v) is 2.89. The van der Waals surface area contributed by atoms with Gasteiger partial charge in [-0.15, -0.1) is 0 Å². The molecule has 11 heteroatoms. The second-order valence-corrected chi connectivity index (χ2v) is 8.47. The zero-order valence-electron chi connectivity index (χ0n) is 16.2. The predicted octanol–water partition coefficient (Wildman–Crippen LogP) is 1.17. The molecule has 0 spiro atoms. The third kappa shape index (κ3) is 13.6. The zero-order chi connectivity index (χ0) is 21.7. The van der Waals surface area contributed by atoms with Crippen LogP contribution in [0.25, 0.3) is 0 Å². The molecule has 0 radical (unpaired) electrons. The topological polar surface area (TPSA) is 144 Å². The number of hydrogen-bond donors (Lipinski definition) is 2. The summed E-state index contributed by atoms with van der Waals surface area (Å²) in [6.45, 7) is 5.35. The van der Waals surface area contributed by atoms with Crippen LogP contribution >= 0.6 is 0 Å². The van der Waals surface area contributed by atoms with Crippen molar-refractivity contribution in [3.8, 4) is 0 Å². The van der Waals surface area contributed by atoms with Crippen LogP contribution in [0.4, 0.5) is 0 Å². The number of esters is 2. The standard InChI is InChI=1S/C13H18O6.C3H7O3S.Na/c1-4-6-10(14)18-8-13(3,12(16)17)9-19-11(15)7-5-2;1-3(2)7(4,5)6;/h4-7H,8-9H2,1-3H3,(H,16,17);3H,1H2,2H3,(H,4,5,6);. The Bertz CT molecular complexity index is 625. The van der Waals surface area contributed by atoms with Crippen molar-refractivity contribution in [1.82, 2.24) is 0 Å². The fraction of sp³-hybridized carbons (Fsp3) is 0.562. The molecule has 0 aromatic carbocycles. The SMILES string of the molecule is CC([CH2][Na])S(=O)(=O)O.CC=CC(=O)OCC(C)(COC(=O)C=CC)C(=O)O. The largest absolute Gasteiger partial charge is 0.481 e. The van der Waals surface area contributed by atoms with Gasteiger partial charge in [0.2, 0.25) is 0 Å². The van der Waals surface area contributed by atoms with Gasteiger partial charge in [-0.3, -0.25) is 4.79 Å². The summed E-state index contributed by atoms with van der Waals surface area (Å²) in [5.41, 5.74) is -1.48. The maximum absolute atomic E-state index is 11.1. The van der Waals surface area contributed by atoms with E-state index >= 15 is 0 Å². The van der Waals surface area contributed by atoms with Gasteiger partial charge in [-0.1, -0.05) is 12.2 Å². The Hall–Kier alpha value is -1.20. The summed E-state index contributed by atoms with van der Waals surface area (Å²) in [6.07, 6.45) is 5.31. The Morgan fingerprint density at radius 1 is 1.07 bits per heavy atom. The molecule has 0 rings (SSSR count). The molecule has 150 valence electrons. The van der Waals surface area contributed by atoms with Crippen LogP contribution in [0.3, 0.4) is 0 Å². The summed E-state index contributed by atoms with van der Waals surface area (Å²) in [7, 11) is -3.72. The molecule has 1 atom stereocenters. The van der Waals surface area contributed by atoms with Gasteiger partial charge in [-0.25, -0.2) is 9.59 Å². The van der Waals surface area contributed by atoms with Crippen molar-refractivity contribution in [2.24, 2.45) is 5.41 Å². The van der Waals surface area contributed by atoms with Gasteiger partial charge < -0.3 is 14.6 Å². The van der Waals surface area contributed by atoms with Crippen molar-refractivity contribution in [2.45, 2.75) is 36.6 Å². The molecule has 27 heavy (non-hydrogen) atoms. The summed E-state index contributed by atoms with van der Waals surface area (Å²) < 4.78 is 38.7. The average molecular weight is 416 g/mol. The van der Waals surface area contributed by atoms with Crippen molar-refractivity contribution in [1.29, 1.82) is 0 Å². The Kier molecular flexibility index (Phi) is 14.4. The molecule has 0 saturated carbocycles. The first-order valence-corrected chi connectivity index (χ1v) is 11.0. The average Bonchev–Trinajstić information content (AvgIpc) is 2.57. The van der Waals surface area contributed by atoms with Crippen LogP contribution in [0.2, 0.25) is 3.67 Å². The zero-order valence-corrected chi connectivity index (χ0v) is 19.0. The Morgan fingerprint density at radius 3 is 1.63 bits per heavy atom. The normalized spacial score (nSPS) is 14.8. The molecule has 1 unspecified atom stereocenters. The molecule has 0 heterocycles. The molecule has 0 aliphatic rings. The summed E-state index contributed by atoms with van der Waals surface area (Å²) >= 11 is 0.814. The van der Waals surface area contributed by atoms with Gasteiger partial charge in [0.1, 0.15) is 18.6 Å². The predicted molar refractivity (Wildman–Crippen MR) is 98.9 cm³/mol. The maximum atomic E-state index is 11.1. The number of carbonyl (C=O) groups is 3. The van der Waals surface area contributed by atoms with E-state index < -0.39 is 38.7 Å². The molecule has 0 amide bonds. The van der Waals surface area contributed by atoms with Crippen molar-refractivity contribution in [3.63, 3.8) is 0 Å². The molecule has 0 bridgehead atoms. The van der Waals surface area contributed by atoms with E-state index in [0.717, 1.165) is 27.9 Å². The van der Waals surface area contributed by atoms with Crippen molar-refractivity contribution in [3.05, 3.63) is 24.3 Å². The van der Waals surface area contributed by atoms with Gasteiger partial charge >= 0.3 is 84.8 Å². The van der Waals surface area contributed by atoms with Gasteiger partial charge in [0, 0.05) is 12.2 Å². The summed E-state index contributed by atoms with van der Waals surface area (Å²) in [4.78, 5) is 33.4. The quantitative estimate of drug-likeness (QED) is 0.245. The van der Waals surface area contributed by atoms with Gasteiger partial charge in [0.05, 0.1) is 0 Å². The number of aliphatic carboxylic acids is 1. The molecule has 0 aromatic rings. The van der Waals surface area contributed by atoms with Crippen LogP contribution in [0.1, 0.15) is 27.7 Å². The fourth-order valence-electron chi connectivity index (χ4n) is 1.20. The first kappa shape index (κ1) is 28.0. The molecule has 2 N–H and O–H groups in total. The van der Waals surface area contributed by atoms with Crippen LogP contribution in [0.5, 0.6) is 0 Å². The summed E-state index contributed by atoms with van der Waals surface area (Å²) in [6, 6.07) is 0. The second-order valence-electron chi connectivity index (χ2n) is 5.82. The van der Waals surface area contributed by atoms with Crippen LogP contribution in [-0.2, 0) is 34.0 Å². The third-order valence-electron chi connectivity index (χ3n) is 3.27. The molecular weight excluding hydrogens is 391 g/mol. The molecule has 0 fully saturated rings. The molecule has 0 saturated heterocycles. The minimum Gasteiger partial charge on any atom is -0.481 e. The van der Waals surface area contributed by atoms with Crippen LogP contribution in [0, 0.1) is 5.41 Å². The Morgan fingerprint density at radius 2 is 1.44 bits per heavy atom. The van der Waals surface area contributed by atoms with Gasteiger partial charge in [0.15, 0.2) is 0 Å². The molecule has 0 aliphatic carbocycles. The molecule has 0 aromatic heterocycles. The summed E-state index contributed by atoms with van der Waals surface area (Å²) in [5, 5.41) is 8.54. The van der Waals surface area contributed by atoms with Crippen molar-refractivity contribution < 1.29 is 41.9 Å². The van der Waals surface area contributed by atoms with Gasteiger partial charge in [-0.2, -0.15) is 0 Å². The van der Waals surface area contributed by atoms with Gasteiger partial charge in [-0.05, 0) is 20.8 Å². The molecular formula is C16H25NaO9S. The Labute approximate surface area is 177 Å². The first-order chi connectivity index (χ1) is 12.3. The number of carboxylic acid groups (broad SMARTS) is 1. The monoisotopic (exact) mass is 416 g/mol. The summed E-state index contributed by atoms with van der Waals surface area (Å²) in [5.74, 6) is -2.50. The number of ether oxygens (including phenoxy) is 2. The van der Waals surface area contributed by atoms with Crippen LogP contribution in [0.15, 0.2) is 24.3 Å². The van der Waals surface area contributed by atoms with E-state index in [-0.39, 0.29) is 13.2 Å². The minimum atomic E-state index is -3.72.